The van der Waals surface area contributed by atoms with Crippen molar-refractivity contribution in [3.63, 3.8) is 0 Å². The Labute approximate surface area is 200 Å². The lowest BCUT2D eigenvalue weighted by molar-refractivity contribution is 0.414. The number of methoxy groups -OCH3 is 1. The van der Waals surface area contributed by atoms with Crippen LogP contribution in [0.5, 0.6) is 5.75 Å². The van der Waals surface area contributed by atoms with Crippen molar-refractivity contribution in [3.8, 4) is 5.75 Å². The van der Waals surface area contributed by atoms with E-state index in [2.05, 4.69) is 39.4 Å². The van der Waals surface area contributed by atoms with Gasteiger partial charge in [-0.15, -0.1) is 35.3 Å². The predicted octanol–water partition coefficient (Wildman–Crippen LogP) is 3.40. The van der Waals surface area contributed by atoms with Crippen LogP contribution in [0.25, 0.3) is 0 Å². The number of hydrogen-bond donors (Lipinski definition) is 3. The molecular formula is C20H31IN4O3S2. The summed E-state index contributed by atoms with van der Waals surface area (Å²) in [5.41, 5.74) is 1.25. The molecule has 30 heavy (non-hydrogen) atoms. The first-order chi connectivity index (χ1) is 14.0. The summed E-state index contributed by atoms with van der Waals surface area (Å²) in [5.74, 6) is 1.92. The van der Waals surface area contributed by atoms with Crippen molar-refractivity contribution in [3.05, 3.63) is 47.3 Å². The number of benzene rings is 1. The number of nitrogens with one attached hydrogen (secondary N) is 3. The molecule has 0 bridgehead atoms. The van der Waals surface area contributed by atoms with Gasteiger partial charge >= 0.3 is 0 Å². The molecule has 0 saturated heterocycles. The van der Waals surface area contributed by atoms with Gasteiger partial charge in [0.2, 0.25) is 10.0 Å². The summed E-state index contributed by atoms with van der Waals surface area (Å²) in [4.78, 5) is 4.59. The van der Waals surface area contributed by atoms with Crippen molar-refractivity contribution in [2.75, 3.05) is 33.3 Å². The highest BCUT2D eigenvalue weighted by atomic mass is 127. The summed E-state index contributed by atoms with van der Waals surface area (Å²) < 4.78 is 32.3. The molecule has 1 aromatic heterocycles. The van der Waals surface area contributed by atoms with E-state index in [9.17, 15) is 8.42 Å². The summed E-state index contributed by atoms with van der Waals surface area (Å²) in [6.07, 6.45) is 0.911. The molecule has 0 amide bonds. The quantitative estimate of drug-likeness (QED) is 0.168. The van der Waals surface area contributed by atoms with Gasteiger partial charge in [-0.25, -0.2) is 13.1 Å². The monoisotopic (exact) mass is 566 g/mol. The van der Waals surface area contributed by atoms with Crippen molar-refractivity contribution in [1.82, 2.24) is 15.4 Å². The first kappa shape index (κ1) is 26.7. The van der Waals surface area contributed by atoms with Crippen LogP contribution >= 0.6 is 35.3 Å². The van der Waals surface area contributed by atoms with Gasteiger partial charge < -0.3 is 15.4 Å². The second-order valence-corrected chi connectivity index (χ2v) is 9.42. The minimum Gasteiger partial charge on any atom is -0.497 e. The molecule has 0 saturated carbocycles. The van der Waals surface area contributed by atoms with E-state index < -0.39 is 10.0 Å². The van der Waals surface area contributed by atoms with Crippen LogP contribution in [-0.4, -0.2) is 47.7 Å². The number of sulfonamides is 1. The molecule has 0 spiro atoms. The highest BCUT2D eigenvalue weighted by Gasteiger charge is 2.13. The van der Waals surface area contributed by atoms with E-state index in [0.717, 1.165) is 18.7 Å². The first-order valence-corrected chi connectivity index (χ1v) is 12.0. The first-order valence-electron chi connectivity index (χ1n) is 9.65. The molecule has 0 aliphatic carbocycles. The Morgan fingerprint density at radius 3 is 2.50 bits per heavy atom. The third kappa shape index (κ3) is 8.78. The molecule has 2 aromatic rings. The summed E-state index contributed by atoms with van der Waals surface area (Å²) >= 11 is 1.20. The maximum absolute atomic E-state index is 12.1. The Morgan fingerprint density at radius 2 is 1.90 bits per heavy atom. The molecule has 2 rings (SSSR count). The van der Waals surface area contributed by atoms with E-state index in [1.165, 1.54) is 16.9 Å². The van der Waals surface area contributed by atoms with Gasteiger partial charge in [-0.3, -0.25) is 4.99 Å². The predicted molar refractivity (Wildman–Crippen MR) is 135 cm³/mol. The summed E-state index contributed by atoms with van der Waals surface area (Å²) in [5, 5.41) is 8.10. The van der Waals surface area contributed by atoms with Gasteiger partial charge in [0.25, 0.3) is 0 Å². The average molecular weight is 567 g/mol. The van der Waals surface area contributed by atoms with E-state index >= 15 is 0 Å². The number of hydrogen-bond acceptors (Lipinski definition) is 5. The standard InChI is InChI=1S/C20H30N4O3S2.HI/c1-4-21-20(23-13-14-24-29(25,26)19-6-5-15-28-19)22-12-11-16(2)17-7-9-18(27-3)10-8-17;/h5-10,15-16,24H,4,11-14H2,1-3H3,(H2,21,22,23);1H. The van der Waals surface area contributed by atoms with Gasteiger partial charge in [-0.1, -0.05) is 25.1 Å². The fraction of sp³-hybridized carbons (Fsp3) is 0.450. The van der Waals surface area contributed by atoms with Crippen molar-refractivity contribution < 1.29 is 13.2 Å². The smallest absolute Gasteiger partial charge is 0.250 e. The topological polar surface area (TPSA) is 91.8 Å². The molecule has 0 radical (unpaired) electrons. The minimum atomic E-state index is -3.43. The fourth-order valence-corrected chi connectivity index (χ4v) is 4.73. The number of nitrogens with zero attached hydrogens (tertiary/aromatic N) is 1. The number of rotatable bonds is 11. The molecule has 1 aromatic carbocycles. The van der Waals surface area contributed by atoms with Crippen molar-refractivity contribution in [2.45, 2.75) is 30.4 Å². The van der Waals surface area contributed by atoms with Gasteiger partial charge in [-0.2, -0.15) is 0 Å². The van der Waals surface area contributed by atoms with Crippen LogP contribution in [0.15, 0.2) is 51.0 Å². The molecule has 1 unspecified atom stereocenters. The summed E-state index contributed by atoms with van der Waals surface area (Å²) in [7, 11) is -1.77. The number of aliphatic imine (C=N–C) groups is 1. The maximum atomic E-state index is 12.1. The highest BCUT2D eigenvalue weighted by Crippen LogP contribution is 2.21. The van der Waals surface area contributed by atoms with Crippen LogP contribution in [0.3, 0.4) is 0 Å². The normalized spacial score (nSPS) is 12.7. The van der Waals surface area contributed by atoms with E-state index in [1.54, 1.807) is 24.6 Å². The number of ether oxygens (including phenoxy) is 1. The molecule has 1 heterocycles. The number of halogens is 1. The van der Waals surface area contributed by atoms with Crippen LogP contribution in [0.2, 0.25) is 0 Å². The minimum absolute atomic E-state index is 0. The zero-order valence-electron chi connectivity index (χ0n) is 17.6. The Bertz CT molecular complexity index is 857. The third-order valence-corrected chi connectivity index (χ3v) is 7.19. The molecule has 1 atom stereocenters. The van der Waals surface area contributed by atoms with Crippen LogP contribution in [0.4, 0.5) is 0 Å². The Kier molecular flexibility index (Phi) is 12.3. The van der Waals surface area contributed by atoms with Crippen LogP contribution in [-0.2, 0) is 10.0 Å². The zero-order chi connectivity index (χ0) is 21.1. The molecule has 10 heteroatoms. The van der Waals surface area contributed by atoms with Gasteiger partial charge in [-0.05, 0) is 48.4 Å². The lowest BCUT2D eigenvalue weighted by atomic mass is 9.98. The van der Waals surface area contributed by atoms with Crippen LogP contribution in [0, 0.1) is 0 Å². The molecule has 0 aliphatic heterocycles. The van der Waals surface area contributed by atoms with Gasteiger partial charge in [0, 0.05) is 26.2 Å². The highest BCUT2D eigenvalue weighted by molar-refractivity contribution is 14.0. The van der Waals surface area contributed by atoms with E-state index in [1.807, 2.05) is 19.1 Å². The van der Waals surface area contributed by atoms with E-state index in [0.29, 0.717) is 29.2 Å². The lowest BCUT2D eigenvalue weighted by Crippen LogP contribution is -2.41. The number of thiophene rings is 1. The second kappa shape index (κ2) is 13.8. The second-order valence-electron chi connectivity index (χ2n) is 6.48. The Hall–Kier alpha value is -1.37. The Balaban J connectivity index is 0.00000450. The molecular weight excluding hydrogens is 535 g/mol. The van der Waals surface area contributed by atoms with E-state index in [-0.39, 0.29) is 30.5 Å². The van der Waals surface area contributed by atoms with E-state index in [4.69, 9.17) is 4.74 Å². The van der Waals surface area contributed by atoms with Gasteiger partial charge in [0.05, 0.1) is 7.11 Å². The zero-order valence-corrected chi connectivity index (χ0v) is 21.5. The van der Waals surface area contributed by atoms with Crippen molar-refractivity contribution >= 4 is 51.3 Å². The molecule has 0 fully saturated rings. The van der Waals surface area contributed by atoms with Crippen LogP contribution < -0.4 is 20.1 Å². The Morgan fingerprint density at radius 1 is 1.17 bits per heavy atom. The van der Waals surface area contributed by atoms with Crippen LogP contribution in [0.1, 0.15) is 31.7 Å². The molecule has 3 N–H and O–H groups in total. The third-order valence-electron chi connectivity index (χ3n) is 4.33. The van der Waals surface area contributed by atoms with Gasteiger partial charge in [0.1, 0.15) is 9.96 Å². The fourth-order valence-electron chi connectivity index (χ4n) is 2.66. The van der Waals surface area contributed by atoms with Gasteiger partial charge in [0.15, 0.2) is 5.96 Å². The maximum Gasteiger partial charge on any atom is 0.250 e. The summed E-state index contributed by atoms with van der Waals surface area (Å²) in [6.45, 7) is 6.31. The largest absolute Gasteiger partial charge is 0.497 e. The molecule has 7 nitrogen and oxygen atoms in total. The number of guanidine groups is 1. The molecule has 168 valence electrons. The lowest BCUT2D eigenvalue weighted by Gasteiger charge is -2.14. The van der Waals surface area contributed by atoms with Crippen molar-refractivity contribution in [2.24, 2.45) is 4.99 Å². The van der Waals surface area contributed by atoms with Crippen molar-refractivity contribution in [1.29, 1.82) is 0 Å². The molecule has 0 aliphatic rings. The summed E-state index contributed by atoms with van der Waals surface area (Å²) in [6, 6.07) is 11.4. The SMILES string of the molecule is CCNC(=NCCC(C)c1ccc(OC)cc1)NCCNS(=O)(=O)c1cccs1.I. The average Bonchev–Trinajstić information content (AvgIpc) is 3.27.